The van der Waals surface area contributed by atoms with Crippen molar-refractivity contribution in [3.8, 4) is 11.5 Å². The van der Waals surface area contributed by atoms with Crippen molar-refractivity contribution in [1.82, 2.24) is 0 Å². The molecule has 2 aromatic carbocycles. The molecule has 0 unspecified atom stereocenters. The summed E-state index contributed by atoms with van der Waals surface area (Å²) in [6.07, 6.45) is 0. The summed E-state index contributed by atoms with van der Waals surface area (Å²) in [6.45, 7) is 0.136. The van der Waals surface area contributed by atoms with E-state index in [0.29, 0.717) is 11.3 Å². The highest BCUT2D eigenvalue weighted by molar-refractivity contribution is 5.29. The third kappa shape index (κ3) is 2.93. The summed E-state index contributed by atoms with van der Waals surface area (Å²) in [7, 11) is 0. The lowest BCUT2D eigenvalue weighted by molar-refractivity contribution is 0.303. The SMILES string of the molecule is Oc1cc(COc2cccc(F)c2)ccc1F. The van der Waals surface area contributed by atoms with Gasteiger partial charge in [-0.3, -0.25) is 0 Å². The van der Waals surface area contributed by atoms with E-state index in [1.54, 1.807) is 6.07 Å². The second-order valence-corrected chi connectivity index (χ2v) is 3.53. The third-order valence-electron chi connectivity index (χ3n) is 2.21. The average Bonchev–Trinajstić information content (AvgIpc) is 2.31. The van der Waals surface area contributed by atoms with Crippen LogP contribution in [0, 0.1) is 11.6 Å². The topological polar surface area (TPSA) is 29.5 Å². The van der Waals surface area contributed by atoms with Crippen LogP contribution < -0.4 is 4.74 Å². The van der Waals surface area contributed by atoms with Crippen LogP contribution in [0.25, 0.3) is 0 Å². The summed E-state index contributed by atoms with van der Waals surface area (Å²) >= 11 is 0. The minimum atomic E-state index is -0.681. The standard InChI is InChI=1S/C13H10F2O2/c14-10-2-1-3-11(7-10)17-8-9-4-5-12(15)13(16)6-9/h1-7,16H,8H2. The zero-order chi connectivity index (χ0) is 12.3. The van der Waals surface area contributed by atoms with Gasteiger partial charge in [0.15, 0.2) is 11.6 Å². The molecule has 0 atom stereocenters. The zero-order valence-corrected chi connectivity index (χ0v) is 8.86. The lowest BCUT2D eigenvalue weighted by Gasteiger charge is -2.06. The van der Waals surface area contributed by atoms with E-state index in [0.717, 1.165) is 6.07 Å². The molecular weight excluding hydrogens is 226 g/mol. The monoisotopic (exact) mass is 236 g/mol. The molecule has 0 aromatic heterocycles. The van der Waals surface area contributed by atoms with Crippen LogP contribution in [-0.4, -0.2) is 5.11 Å². The maximum absolute atomic E-state index is 12.8. The zero-order valence-electron chi connectivity index (χ0n) is 8.86. The number of ether oxygens (including phenoxy) is 1. The fourth-order valence-electron chi connectivity index (χ4n) is 1.37. The molecule has 0 aliphatic heterocycles. The van der Waals surface area contributed by atoms with Gasteiger partial charge in [-0.25, -0.2) is 8.78 Å². The predicted octanol–water partition coefficient (Wildman–Crippen LogP) is 3.25. The maximum Gasteiger partial charge on any atom is 0.164 e. The molecule has 0 aliphatic rings. The molecule has 88 valence electrons. The molecule has 0 amide bonds. The molecule has 0 radical (unpaired) electrons. The molecule has 0 saturated heterocycles. The fourth-order valence-corrected chi connectivity index (χ4v) is 1.37. The number of rotatable bonds is 3. The van der Waals surface area contributed by atoms with Crippen molar-refractivity contribution in [1.29, 1.82) is 0 Å². The van der Waals surface area contributed by atoms with Crippen LogP contribution in [0.4, 0.5) is 8.78 Å². The Labute approximate surface area is 97.1 Å². The van der Waals surface area contributed by atoms with Gasteiger partial charge in [-0.2, -0.15) is 0 Å². The first kappa shape index (κ1) is 11.4. The number of aromatic hydroxyl groups is 1. The largest absolute Gasteiger partial charge is 0.505 e. The van der Waals surface area contributed by atoms with Gasteiger partial charge < -0.3 is 9.84 Å². The first-order chi connectivity index (χ1) is 8.15. The molecule has 1 N–H and O–H groups in total. The Hall–Kier alpha value is -2.10. The maximum atomic E-state index is 12.8. The molecule has 0 bridgehead atoms. The highest BCUT2D eigenvalue weighted by Gasteiger charge is 2.02. The molecule has 0 fully saturated rings. The Kier molecular flexibility index (Phi) is 3.23. The van der Waals surface area contributed by atoms with Crippen molar-refractivity contribution in [2.45, 2.75) is 6.61 Å². The number of phenolic OH excluding ortho intramolecular Hbond substituents is 1. The van der Waals surface area contributed by atoms with Crippen LogP contribution in [0.1, 0.15) is 5.56 Å². The van der Waals surface area contributed by atoms with E-state index in [2.05, 4.69) is 0 Å². The molecule has 2 rings (SSSR count). The smallest absolute Gasteiger partial charge is 0.164 e. The molecule has 2 nitrogen and oxygen atoms in total. The van der Waals surface area contributed by atoms with Crippen molar-refractivity contribution >= 4 is 0 Å². The van der Waals surface area contributed by atoms with E-state index in [4.69, 9.17) is 9.84 Å². The Balaban J connectivity index is 2.05. The Morgan fingerprint density at radius 1 is 1.06 bits per heavy atom. The van der Waals surface area contributed by atoms with E-state index in [-0.39, 0.29) is 12.4 Å². The predicted molar refractivity (Wildman–Crippen MR) is 58.8 cm³/mol. The van der Waals surface area contributed by atoms with Gasteiger partial charge in [0.2, 0.25) is 0 Å². The van der Waals surface area contributed by atoms with Gasteiger partial charge in [0.05, 0.1) is 0 Å². The summed E-state index contributed by atoms with van der Waals surface area (Å²) in [5, 5.41) is 9.15. The summed E-state index contributed by atoms with van der Waals surface area (Å²) < 4.78 is 30.9. The Bertz CT molecular complexity index is 527. The van der Waals surface area contributed by atoms with Crippen molar-refractivity contribution in [2.75, 3.05) is 0 Å². The van der Waals surface area contributed by atoms with Gasteiger partial charge in [0, 0.05) is 6.07 Å². The van der Waals surface area contributed by atoms with Crippen LogP contribution in [0.3, 0.4) is 0 Å². The van der Waals surface area contributed by atoms with Crippen molar-refractivity contribution in [3.63, 3.8) is 0 Å². The third-order valence-corrected chi connectivity index (χ3v) is 2.21. The second-order valence-electron chi connectivity index (χ2n) is 3.53. The van der Waals surface area contributed by atoms with E-state index in [9.17, 15) is 8.78 Å². The highest BCUT2D eigenvalue weighted by atomic mass is 19.1. The molecule has 2 aromatic rings. The minimum Gasteiger partial charge on any atom is -0.505 e. The number of hydrogen-bond acceptors (Lipinski definition) is 2. The Morgan fingerprint density at radius 3 is 2.59 bits per heavy atom. The summed E-state index contributed by atoms with van der Waals surface area (Å²) in [6, 6.07) is 9.64. The molecular formula is C13H10F2O2. The van der Waals surface area contributed by atoms with Crippen LogP contribution >= 0.6 is 0 Å². The minimum absolute atomic E-state index is 0.136. The van der Waals surface area contributed by atoms with Gasteiger partial charge in [0.1, 0.15) is 18.2 Å². The number of benzene rings is 2. The first-order valence-electron chi connectivity index (χ1n) is 5.01. The number of phenols is 1. The quantitative estimate of drug-likeness (QED) is 0.886. The van der Waals surface area contributed by atoms with Gasteiger partial charge >= 0.3 is 0 Å². The molecule has 0 heterocycles. The molecule has 17 heavy (non-hydrogen) atoms. The van der Waals surface area contributed by atoms with Crippen molar-refractivity contribution in [2.24, 2.45) is 0 Å². The molecule has 0 aliphatic carbocycles. The van der Waals surface area contributed by atoms with E-state index in [1.165, 1.54) is 30.3 Å². The fraction of sp³-hybridized carbons (Fsp3) is 0.0769. The number of hydrogen-bond donors (Lipinski definition) is 1. The van der Waals surface area contributed by atoms with Crippen molar-refractivity contribution < 1.29 is 18.6 Å². The molecule has 0 saturated carbocycles. The highest BCUT2D eigenvalue weighted by Crippen LogP contribution is 2.19. The lowest BCUT2D eigenvalue weighted by atomic mass is 10.2. The van der Waals surface area contributed by atoms with Crippen molar-refractivity contribution in [3.05, 3.63) is 59.7 Å². The van der Waals surface area contributed by atoms with E-state index in [1.807, 2.05) is 0 Å². The second kappa shape index (κ2) is 4.82. The van der Waals surface area contributed by atoms with Crippen LogP contribution in [0.2, 0.25) is 0 Å². The molecule has 0 spiro atoms. The van der Waals surface area contributed by atoms with Gasteiger partial charge in [-0.1, -0.05) is 12.1 Å². The van der Waals surface area contributed by atoms with Crippen LogP contribution in [0.5, 0.6) is 11.5 Å². The normalized spacial score (nSPS) is 10.2. The van der Waals surface area contributed by atoms with Gasteiger partial charge in [-0.05, 0) is 29.8 Å². The number of halogens is 2. The van der Waals surface area contributed by atoms with Gasteiger partial charge in [-0.15, -0.1) is 0 Å². The summed E-state index contributed by atoms with van der Waals surface area (Å²) in [5.41, 5.74) is 0.605. The summed E-state index contributed by atoms with van der Waals surface area (Å²) in [5.74, 6) is -1.11. The molecule has 4 heteroatoms. The van der Waals surface area contributed by atoms with Gasteiger partial charge in [0.25, 0.3) is 0 Å². The van der Waals surface area contributed by atoms with E-state index < -0.39 is 11.6 Å². The Morgan fingerprint density at radius 2 is 1.88 bits per heavy atom. The summed E-state index contributed by atoms with van der Waals surface area (Å²) in [4.78, 5) is 0. The van der Waals surface area contributed by atoms with E-state index >= 15 is 0 Å². The average molecular weight is 236 g/mol. The van der Waals surface area contributed by atoms with Crippen LogP contribution in [-0.2, 0) is 6.61 Å². The lowest BCUT2D eigenvalue weighted by Crippen LogP contribution is -1.96. The first-order valence-corrected chi connectivity index (χ1v) is 5.01. The van der Waals surface area contributed by atoms with Crippen LogP contribution in [0.15, 0.2) is 42.5 Å².